The van der Waals surface area contributed by atoms with Crippen molar-refractivity contribution in [3.05, 3.63) is 58.0 Å². The Balaban J connectivity index is 1.77. The van der Waals surface area contributed by atoms with Crippen LogP contribution in [0.3, 0.4) is 0 Å². The summed E-state index contributed by atoms with van der Waals surface area (Å²) in [7, 11) is -4.02. The third-order valence-corrected chi connectivity index (χ3v) is 6.21. The highest BCUT2D eigenvalue weighted by molar-refractivity contribution is 7.89. The molecular weight excluding hydrogens is 362 g/mol. The van der Waals surface area contributed by atoms with Gasteiger partial charge in [0, 0.05) is 37.8 Å². The lowest BCUT2D eigenvalue weighted by Gasteiger charge is -2.33. The number of hydrogen-bond donors (Lipinski definition) is 0. The van der Waals surface area contributed by atoms with Crippen molar-refractivity contribution in [1.29, 1.82) is 0 Å². The number of para-hydroxylation sites is 1. The zero-order chi connectivity index (χ0) is 18.9. The van der Waals surface area contributed by atoms with E-state index in [1.807, 2.05) is 0 Å². The van der Waals surface area contributed by atoms with Crippen LogP contribution in [-0.4, -0.2) is 54.6 Å². The second-order valence-electron chi connectivity index (χ2n) is 5.85. The molecule has 0 aliphatic carbocycles. The number of piperazine rings is 1. The Morgan fingerprint density at radius 2 is 1.81 bits per heavy atom. The van der Waals surface area contributed by atoms with Crippen molar-refractivity contribution >= 4 is 21.6 Å². The first kappa shape index (κ1) is 18.1. The van der Waals surface area contributed by atoms with Crippen LogP contribution in [0.15, 0.2) is 45.9 Å². The fraction of sp³-hybridized carbons (Fsp3) is 0.312. The summed E-state index contributed by atoms with van der Waals surface area (Å²) in [5.74, 6) is -0.0600. The summed E-state index contributed by atoms with van der Waals surface area (Å²) >= 11 is 0. The van der Waals surface area contributed by atoms with Crippen molar-refractivity contribution in [2.45, 2.75) is 11.8 Å². The second kappa shape index (κ2) is 6.89. The summed E-state index contributed by atoms with van der Waals surface area (Å²) < 4.78 is 31.9. The molecule has 138 valence electrons. The molecule has 3 rings (SSSR count). The summed E-state index contributed by atoms with van der Waals surface area (Å²) in [5.41, 5.74) is 0.252. The Bertz CT molecular complexity index is 944. The number of sulfonamides is 1. The van der Waals surface area contributed by atoms with Gasteiger partial charge in [0.2, 0.25) is 10.0 Å². The number of aryl methyl sites for hydroxylation is 1. The molecule has 2 heterocycles. The Morgan fingerprint density at radius 1 is 1.15 bits per heavy atom. The Kier molecular flexibility index (Phi) is 4.79. The average molecular weight is 379 g/mol. The molecule has 10 heteroatoms. The number of nitro benzene ring substituents is 1. The molecule has 1 aliphatic heterocycles. The van der Waals surface area contributed by atoms with Crippen molar-refractivity contribution in [2.24, 2.45) is 0 Å². The highest BCUT2D eigenvalue weighted by atomic mass is 32.2. The lowest BCUT2D eigenvalue weighted by molar-refractivity contribution is -0.387. The average Bonchev–Trinajstić information content (AvgIpc) is 3.07. The normalized spacial score (nSPS) is 15.8. The summed E-state index contributed by atoms with van der Waals surface area (Å²) in [6, 6.07) is 6.92. The van der Waals surface area contributed by atoms with Crippen molar-refractivity contribution in [3.8, 4) is 0 Å². The second-order valence-corrected chi connectivity index (χ2v) is 7.76. The van der Waals surface area contributed by atoms with E-state index in [2.05, 4.69) is 0 Å². The van der Waals surface area contributed by atoms with Gasteiger partial charge in [-0.05, 0) is 19.1 Å². The molecule has 1 saturated heterocycles. The first-order valence-electron chi connectivity index (χ1n) is 7.89. The fourth-order valence-corrected chi connectivity index (χ4v) is 4.41. The molecule has 1 fully saturated rings. The number of hydrogen-bond acceptors (Lipinski definition) is 6. The van der Waals surface area contributed by atoms with Crippen molar-refractivity contribution in [3.63, 3.8) is 0 Å². The number of nitro groups is 1. The largest absolute Gasteiger partial charge is 0.459 e. The Morgan fingerprint density at radius 3 is 2.38 bits per heavy atom. The zero-order valence-electron chi connectivity index (χ0n) is 14.0. The molecule has 9 nitrogen and oxygen atoms in total. The smallest absolute Gasteiger partial charge is 0.289 e. The molecule has 0 unspecified atom stereocenters. The summed E-state index contributed by atoms with van der Waals surface area (Å²) in [6.07, 6.45) is 1.43. The van der Waals surface area contributed by atoms with E-state index in [9.17, 15) is 23.3 Å². The Hall–Kier alpha value is -2.72. The molecule has 0 atom stereocenters. The van der Waals surface area contributed by atoms with Crippen LogP contribution in [0.5, 0.6) is 0 Å². The summed E-state index contributed by atoms with van der Waals surface area (Å²) in [5, 5.41) is 11.1. The number of carbonyl (C=O) groups is 1. The fourth-order valence-electron chi connectivity index (χ4n) is 2.83. The maximum Gasteiger partial charge on any atom is 0.289 e. The van der Waals surface area contributed by atoms with E-state index in [0.29, 0.717) is 5.56 Å². The predicted molar refractivity (Wildman–Crippen MR) is 91.2 cm³/mol. The number of rotatable bonds is 4. The SMILES string of the molecule is Cc1ccoc1C(=O)N1CCN(S(=O)(=O)c2ccccc2[N+](=O)[O-])CC1. The lowest BCUT2D eigenvalue weighted by Crippen LogP contribution is -2.50. The zero-order valence-corrected chi connectivity index (χ0v) is 14.8. The number of amides is 1. The first-order valence-corrected chi connectivity index (χ1v) is 9.33. The number of benzene rings is 1. The van der Waals surface area contributed by atoms with E-state index in [1.54, 1.807) is 13.0 Å². The molecule has 0 saturated carbocycles. The van der Waals surface area contributed by atoms with Crippen LogP contribution in [0.25, 0.3) is 0 Å². The van der Waals surface area contributed by atoms with Crippen LogP contribution in [0.1, 0.15) is 16.1 Å². The highest BCUT2D eigenvalue weighted by Crippen LogP contribution is 2.27. The van der Waals surface area contributed by atoms with E-state index in [0.717, 1.165) is 10.4 Å². The van der Waals surface area contributed by atoms with Gasteiger partial charge in [-0.2, -0.15) is 4.31 Å². The van der Waals surface area contributed by atoms with Gasteiger partial charge >= 0.3 is 0 Å². The minimum Gasteiger partial charge on any atom is -0.459 e. The van der Waals surface area contributed by atoms with Gasteiger partial charge in [-0.1, -0.05) is 12.1 Å². The van der Waals surface area contributed by atoms with E-state index in [4.69, 9.17) is 4.42 Å². The van der Waals surface area contributed by atoms with Crippen molar-refractivity contribution in [2.75, 3.05) is 26.2 Å². The van der Waals surface area contributed by atoms with Gasteiger partial charge in [0.1, 0.15) is 0 Å². The number of furan rings is 1. The van der Waals surface area contributed by atoms with E-state index >= 15 is 0 Å². The quantitative estimate of drug-likeness (QED) is 0.589. The molecule has 0 N–H and O–H groups in total. The van der Waals surface area contributed by atoms with Crippen LogP contribution >= 0.6 is 0 Å². The minimum atomic E-state index is -4.02. The minimum absolute atomic E-state index is 0.0554. The van der Waals surface area contributed by atoms with Crippen LogP contribution in [-0.2, 0) is 10.0 Å². The van der Waals surface area contributed by atoms with E-state index < -0.39 is 20.6 Å². The maximum absolute atomic E-state index is 12.8. The van der Waals surface area contributed by atoms with Crippen molar-refractivity contribution < 1.29 is 22.6 Å². The van der Waals surface area contributed by atoms with Gasteiger partial charge in [0.15, 0.2) is 10.7 Å². The van der Waals surface area contributed by atoms with Gasteiger partial charge < -0.3 is 9.32 Å². The van der Waals surface area contributed by atoms with Gasteiger partial charge in [0.05, 0.1) is 11.2 Å². The number of nitrogens with zero attached hydrogens (tertiary/aromatic N) is 3. The summed E-state index contributed by atoms with van der Waals surface area (Å²) in [6.45, 7) is 2.23. The standard InChI is InChI=1S/C16H17N3O6S/c1-12-6-11-25-15(12)16(20)17-7-9-18(10-8-17)26(23,24)14-5-3-2-4-13(14)19(21)22/h2-6,11H,7-10H2,1H3. The van der Waals surface area contributed by atoms with Gasteiger partial charge in [-0.15, -0.1) is 0 Å². The molecule has 0 spiro atoms. The Labute approximate surface area is 150 Å². The molecule has 26 heavy (non-hydrogen) atoms. The van der Waals surface area contributed by atoms with Crippen molar-refractivity contribution in [1.82, 2.24) is 9.21 Å². The maximum atomic E-state index is 12.8. The van der Waals surface area contributed by atoms with E-state index in [1.165, 1.54) is 29.4 Å². The van der Waals surface area contributed by atoms with Crippen LogP contribution in [0.2, 0.25) is 0 Å². The van der Waals surface area contributed by atoms with Gasteiger partial charge in [-0.25, -0.2) is 8.42 Å². The molecule has 1 aromatic heterocycles. The molecule has 2 aromatic rings. The predicted octanol–water partition coefficient (Wildman–Crippen LogP) is 1.64. The monoisotopic (exact) mass is 379 g/mol. The van der Waals surface area contributed by atoms with E-state index in [-0.39, 0.29) is 42.7 Å². The number of carbonyl (C=O) groups excluding carboxylic acids is 1. The molecular formula is C16H17N3O6S. The van der Waals surface area contributed by atoms with Gasteiger partial charge in [-0.3, -0.25) is 14.9 Å². The highest BCUT2D eigenvalue weighted by Gasteiger charge is 2.35. The topological polar surface area (TPSA) is 114 Å². The molecule has 1 aliphatic rings. The first-order chi connectivity index (χ1) is 12.3. The lowest BCUT2D eigenvalue weighted by atomic mass is 10.2. The molecule has 1 aromatic carbocycles. The molecule has 0 radical (unpaired) electrons. The molecule has 0 bridgehead atoms. The van der Waals surface area contributed by atoms with Gasteiger partial charge in [0.25, 0.3) is 11.6 Å². The van der Waals surface area contributed by atoms with Crippen LogP contribution in [0, 0.1) is 17.0 Å². The van der Waals surface area contributed by atoms with Crippen LogP contribution < -0.4 is 0 Å². The third kappa shape index (κ3) is 3.20. The molecule has 1 amide bonds. The van der Waals surface area contributed by atoms with Crippen LogP contribution in [0.4, 0.5) is 5.69 Å². The third-order valence-electron chi connectivity index (χ3n) is 4.26. The summed E-state index contributed by atoms with van der Waals surface area (Å²) in [4.78, 5) is 24.0.